The van der Waals surface area contributed by atoms with Crippen LogP contribution in [0.25, 0.3) is 0 Å². The van der Waals surface area contributed by atoms with Crippen LogP contribution >= 0.6 is 12.6 Å². The summed E-state index contributed by atoms with van der Waals surface area (Å²) in [6.45, 7) is 3.99. The zero-order valence-corrected chi connectivity index (χ0v) is 5.80. The van der Waals surface area contributed by atoms with E-state index in [9.17, 15) is 4.79 Å². The van der Waals surface area contributed by atoms with Crippen LogP contribution in [0.1, 0.15) is 0 Å². The van der Waals surface area contributed by atoms with Gasteiger partial charge in [0.15, 0.2) is 0 Å². The molecule has 0 aromatic heterocycles. The van der Waals surface area contributed by atoms with Crippen molar-refractivity contribution in [1.29, 1.82) is 0 Å². The second kappa shape index (κ2) is 2.43. The number of hydrogen-bond donors (Lipinski definition) is 1. The number of ether oxygens (including phenoxy) is 1. The number of rotatable bonds is 1. The molecule has 1 saturated heterocycles. The van der Waals surface area contributed by atoms with Gasteiger partial charge in [0.2, 0.25) is 0 Å². The largest absolute Gasteiger partial charge is 0.464 e. The number of carbonyl (C=O) groups is 1. The Morgan fingerprint density at radius 3 is 2.78 bits per heavy atom. The molecule has 0 spiro atoms. The van der Waals surface area contributed by atoms with E-state index in [-0.39, 0.29) is 17.1 Å². The van der Waals surface area contributed by atoms with Crippen LogP contribution in [-0.2, 0) is 9.53 Å². The van der Waals surface area contributed by atoms with Crippen LogP contribution in [0, 0.1) is 5.92 Å². The van der Waals surface area contributed by atoms with Crippen LogP contribution in [0.4, 0.5) is 0 Å². The summed E-state index contributed by atoms with van der Waals surface area (Å²) in [7, 11) is 0. The van der Waals surface area contributed by atoms with Gasteiger partial charge in [-0.15, -0.1) is 6.58 Å². The Balaban J connectivity index is 2.61. The van der Waals surface area contributed by atoms with Gasteiger partial charge in [0.05, 0.1) is 6.61 Å². The Labute approximate surface area is 59.3 Å². The first kappa shape index (κ1) is 6.68. The fraction of sp³-hybridized carbons (Fsp3) is 0.500. The third-order valence-corrected chi connectivity index (χ3v) is 1.96. The van der Waals surface area contributed by atoms with E-state index in [1.807, 2.05) is 0 Å². The van der Waals surface area contributed by atoms with E-state index in [0.29, 0.717) is 6.61 Å². The quantitative estimate of drug-likeness (QED) is 0.332. The van der Waals surface area contributed by atoms with Gasteiger partial charge >= 0.3 is 5.97 Å². The molecule has 9 heavy (non-hydrogen) atoms. The average Bonchev–Trinajstić information content (AvgIpc) is 2.15. The van der Waals surface area contributed by atoms with Crippen molar-refractivity contribution in [3.63, 3.8) is 0 Å². The molecule has 1 aliphatic rings. The molecule has 1 aliphatic heterocycles. The van der Waals surface area contributed by atoms with Crippen LogP contribution < -0.4 is 0 Å². The zero-order chi connectivity index (χ0) is 6.85. The average molecular weight is 144 g/mol. The molecule has 3 heteroatoms. The van der Waals surface area contributed by atoms with Crippen molar-refractivity contribution in [3.8, 4) is 0 Å². The molecule has 0 aromatic rings. The Morgan fingerprint density at radius 2 is 2.56 bits per heavy atom. The van der Waals surface area contributed by atoms with Crippen molar-refractivity contribution < 1.29 is 9.53 Å². The molecule has 0 aliphatic carbocycles. The molecule has 1 heterocycles. The van der Waals surface area contributed by atoms with E-state index < -0.39 is 0 Å². The van der Waals surface area contributed by atoms with Gasteiger partial charge in [-0.1, -0.05) is 6.08 Å². The molecule has 1 fully saturated rings. The number of carbonyl (C=O) groups excluding carboxylic acids is 1. The van der Waals surface area contributed by atoms with Crippen LogP contribution in [0.5, 0.6) is 0 Å². The summed E-state index contributed by atoms with van der Waals surface area (Å²) in [4.78, 5) is 10.6. The van der Waals surface area contributed by atoms with Crippen molar-refractivity contribution in [2.24, 2.45) is 5.92 Å². The molecule has 50 valence electrons. The lowest BCUT2D eigenvalue weighted by Gasteiger charge is -1.99. The van der Waals surface area contributed by atoms with E-state index in [2.05, 4.69) is 23.9 Å². The topological polar surface area (TPSA) is 26.3 Å². The van der Waals surface area contributed by atoms with Gasteiger partial charge in [-0.2, -0.15) is 12.6 Å². The lowest BCUT2D eigenvalue weighted by molar-refractivity contribution is -0.137. The minimum Gasteiger partial charge on any atom is -0.464 e. The number of esters is 1. The van der Waals surface area contributed by atoms with Crippen LogP contribution in [0.2, 0.25) is 0 Å². The Bertz CT molecular complexity index is 144. The van der Waals surface area contributed by atoms with Crippen molar-refractivity contribution in [3.05, 3.63) is 12.7 Å². The standard InChI is InChI=1S/C6H8O2S/c1-2-4-3-8-6(7)5(4)9/h2,4-5,9H,1,3H2/t4-,5+/m0/s1. The summed E-state index contributed by atoms with van der Waals surface area (Å²) in [5.74, 6) is -0.135. The maximum atomic E-state index is 10.6. The van der Waals surface area contributed by atoms with Crippen LogP contribution in [0.3, 0.4) is 0 Å². The molecule has 0 saturated carbocycles. The highest BCUT2D eigenvalue weighted by atomic mass is 32.1. The van der Waals surface area contributed by atoms with Gasteiger partial charge in [-0.3, -0.25) is 4.79 Å². The first-order valence-corrected chi connectivity index (χ1v) is 3.24. The van der Waals surface area contributed by atoms with Crippen molar-refractivity contribution >= 4 is 18.6 Å². The SMILES string of the molecule is C=C[C@H]1COC(=O)[C@@H]1S. The second-order valence-corrected chi connectivity index (χ2v) is 2.53. The van der Waals surface area contributed by atoms with Gasteiger partial charge < -0.3 is 4.74 Å². The maximum Gasteiger partial charge on any atom is 0.319 e. The van der Waals surface area contributed by atoms with E-state index in [4.69, 9.17) is 0 Å². The first-order chi connectivity index (χ1) is 4.25. The predicted molar refractivity (Wildman–Crippen MR) is 37.4 cm³/mol. The lowest BCUT2D eigenvalue weighted by atomic mass is 10.1. The summed E-state index contributed by atoms with van der Waals surface area (Å²) < 4.78 is 4.68. The molecule has 0 N–H and O–H groups in total. The molecule has 2 nitrogen and oxygen atoms in total. The minimum atomic E-state index is -0.289. The summed E-state index contributed by atoms with van der Waals surface area (Å²) >= 11 is 4.02. The third-order valence-electron chi connectivity index (χ3n) is 1.37. The van der Waals surface area contributed by atoms with Crippen LogP contribution in [0.15, 0.2) is 12.7 Å². The Hall–Kier alpha value is -0.440. The highest BCUT2D eigenvalue weighted by Crippen LogP contribution is 2.20. The Kier molecular flexibility index (Phi) is 1.81. The van der Waals surface area contributed by atoms with E-state index in [1.165, 1.54) is 0 Å². The molecular formula is C6H8O2S. The summed E-state index contributed by atoms with van der Waals surface area (Å²) in [6, 6.07) is 0. The number of thiol groups is 1. The molecule has 0 radical (unpaired) electrons. The summed E-state index contributed by atoms with van der Waals surface area (Å²) in [5.41, 5.74) is 0. The Morgan fingerprint density at radius 1 is 1.89 bits per heavy atom. The summed E-state index contributed by atoms with van der Waals surface area (Å²) in [6.07, 6.45) is 1.70. The van der Waals surface area contributed by atoms with Gasteiger partial charge in [0, 0.05) is 5.92 Å². The van der Waals surface area contributed by atoms with E-state index >= 15 is 0 Å². The third kappa shape index (κ3) is 1.10. The molecule has 0 amide bonds. The van der Waals surface area contributed by atoms with Crippen molar-refractivity contribution in [1.82, 2.24) is 0 Å². The normalized spacial score (nSPS) is 34.1. The zero-order valence-electron chi connectivity index (χ0n) is 4.91. The van der Waals surface area contributed by atoms with E-state index in [0.717, 1.165) is 0 Å². The van der Waals surface area contributed by atoms with Gasteiger partial charge in [-0.25, -0.2) is 0 Å². The van der Waals surface area contributed by atoms with Gasteiger partial charge in [-0.05, 0) is 0 Å². The lowest BCUT2D eigenvalue weighted by Crippen LogP contribution is -2.12. The predicted octanol–water partition coefficient (Wildman–Crippen LogP) is 0.644. The highest BCUT2D eigenvalue weighted by Gasteiger charge is 2.31. The fourth-order valence-corrected chi connectivity index (χ4v) is 1.01. The van der Waals surface area contributed by atoms with Gasteiger partial charge in [0.1, 0.15) is 5.25 Å². The molecule has 0 bridgehead atoms. The maximum absolute atomic E-state index is 10.6. The van der Waals surface area contributed by atoms with E-state index in [1.54, 1.807) is 6.08 Å². The second-order valence-electron chi connectivity index (χ2n) is 1.97. The van der Waals surface area contributed by atoms with Crippen LogP contribution in [-0.4, -0.2) is 17.8 Å². The number of hydrogen-bond acceptors (Lipinski definition) is 3. The highest BCUT2D eigenvalue weighted by molar-refractivity contribution is 7.81. The number of cyclic esters (lactones) is 1. The monoisotopic (exact) mass is 144 g/mol. The van der Waals surface area contributed by atoms with Crippen molar-refractivity contribution in [2.45, 2.75) is 5.25 Å². The smallest absolute Gasteiger partial charge is 0.319 e. The van der Waals surface area contributed by atoms with Crippen molar-refractivity contribution in [2.75, 3.05) is 6.61 Å². The molecule has 2 atom stereocenters. The molecule has 0 unspecified atom stereocenters. The fourth-order valence-electron chi connectivity index (χ4n) is 0.727. The van der Waals surface area contributed by atoms with Gasteiger partial charge in [0.25, 0.3) is 0 Å². The minimum absolute atomic E-state index is 0.0980. The first-order valence-electron chi connectivity index (χ1n) is 2.73. The molecule has 0 aromatic carbocycles. The molecular weight excluding hydrogens is 136 g/mol. The molecule has 1 rings (SSSR count). The summed E-state index contributed by atoms with van der Waals surface area (Å²) in [5, 5.41) is -0.289.